The molecule has 0 fully saturated rings. The predicted octanol–water partition coefficient (Wildman–Crippen LogP) is 0.713. The number of nitrogens with one attached hydrogen (secondary N) is 1. The third-order valence-corrected chi connectivity index (χ3v) is 3.13. The van der Waals surface area contributed by atoms with Crippen LogP contribution in [0.4, 0.5) is 0 Å². The van der Waals surface area contributed by atoms with Gasteiger partial charge >= 0.3 is 5.97 Å². The Hall–Kier alpha value is -1.14. The van der Waals surface area contributed by atoms with Gasteiger partial charge in [0.2, 0.25) is 5.91 Å². The van der Waals surface area contributed by atoms with Crippen LogP contribution < -0.4 is 5.32 Å². The van der Waals surface area contributed by atoms with E-state index in [1.807, 2.05) is 0 Å². The summed E-state index contributed by atoms with van der Waals surface area (Å²) in [5.41, 5.74) is 0. The molecular formula is C13H26N2O4. The van der Waals surface area contributed by atoms with Crippen LogP contribution in [0, 0.1) is 0 Å². The van der Waals surface area contributed by atoms with Crippen LogP contribution in [0.25, 0.3) is 0 Å². The lowest BCUT2D eigenvalue weighted by atomic mass is 10.1. The van der Waals surface area contributed by atoms with E-state index in [-0.39, 0.29) is 5.91 Å². The molecule has 0 bridgehead atoms. The van der Waals surface area contributed by atoms with E-state index in [2.05, 4.69) is 24.1 Å². The summed E-state index contributed by atoms with van der Waals surface area (Å²) in [6.45, 7) is 6.97. The van der Waals surface area contributed by atoms with Gasteiger partial charge in [-0.2, -0.15) is 0 Å². The summed E-state index contributed by atoms with van der Waals surface area (Å²) in [5.74, 6) is -1.34. The number of carbonyl (C=O) groups is 2. The highest BCUT2D eigenvalue weighted by Crippen LogP contribution is 2.09. The van der Waals surface area contributed by atoms with Crippen molar-refractivity contribution in [2.45, 2.75) is 45.7 Å². The summed E-state index contributed by atoms with van der Waals surface area (Å²) < 4.78 is 5.06. The van der Waals surface area contributed by atoms with Crippen LogP contribution in [0.3, 0.4) is 0 Å². The van der Waals surface area contributed by atoms with Crippen LogP contribution in [0.15, 0.2) is 0 Å². The van der Waals surface area contributed by atoms with E-state index < -0.39 is 12.0 Å². The highest BCUT2D eigenvalue weighted by atomic mass is 16.5. The lowest BCUT2D eigenvalue weighted by molar-refractivity contribution is -0.142. The van der Waals surface area contributed by atoms with Gasteiger partial charge in [-0.1, -0.05) is 13.8 Å². The summed E-state index contributed by atoms with van der Waals surface area (Å²) in [6.07, 6.45) is 1.87. The normalized spacial score (nSPS) is 12.7. The molecule has 0 aliphatic rings. The molecule has 0 aromatic carbocycles. The Kier molecular flexibility index (Phi) is 9.16. The molecule has 1 amide bonds. The maximum absolute atomic E-state index is 11.2. The monoisotopic (exact) mass is 274 g/mol. The number of hydrogen-bond acceptors (Lipinski definition) is 4. The molecule has 0 saturated heterocycles. The number of rotatable bonds is 10. The number of hydrogen-bond donors (Lipinski definition) is 2. The number of carboxylic acid groups (broad SMARTS) is 1. The highest BCUT2D eigenvalue weighted by molar-refractivity contribution is 5.82. The predicted molar refractivity (Wildman–Crippen MR) is 73.1 cm³/mol. The van der Waals surface area contributed by atoms with E-state index in [9.17, 15) is 9.59 Å². The molecule has 0 aromatic rings. The summed E-state index contributed by atoms with van der Waals surface area (Å²) in [5, 5.41) is 11.6. The van der Waals surface area contributed by atoms with Gasteiger partial charge in [0, 0.05) is 33.2 Å². The Morgan fingerprint density at radius 2 is 1.89 bits per heavy atom. The Balaban J connectivity index is 4.72. The molecular weight excluding hydrogens is 248 g/mol. The van der Waals surface area contributed by atoms with Crippen LogP contribution in [0.5, 0.6) is 0 Å². The van der Waals surface area contributed by atoms with Gasteiger partial charge < -0.3 is 15.2 Å². The largest absolute Gasteiger partial charge is 0.480 e. The zero-order chi connectivity index (χ0) is 14.8. The molecule has 1 unspecified atom stereocenters. The molecule has 0 aromatic heterocycles. The first kappa shape index (κ1) is 17.9. The van der Waals surface area contributed by atoms with Gasteiger partial charge in [-0.15, -0.1) is 0 Å². The molecule has 6 heteroatoms. The smallest absolute Gasteiger partial charge is 0.327 e. The molecule has 0 aliphatic heterocycles. The van der Waals surface area contributed by atoms with Crippen molar-refractivity contribution in [1.82, 2.24) is 10.2 Å². The first-order valence-electron chi connectivity index (χ1n) is 6.69. The Morgan fingerprint density at radius 1 is 1.32 bits per heavy atom. The van der Waals surface area contributed by atoms with Crippen molar-refractivity contribution in [3.63, 3.8) is 0 Å². The lowest BCUT2D eigenvalue weighted by Gasteiger charge is -2.32. The maximum atomic E-state index is 11.2. The van der Waals surface area contributed by atoms with E-state index in [1.165, 1.54) is 6.92 Å². The zero-order valence-electron chi connectivity index (χ0n) is 12.3. The first-order valence-corrected chi connectivity index (χ1v) is 6.69. The second kappa shape index (κ2) is 9.75. The number of carboxylic acids is 1. The van der Waals surface area contributed by atoms with Gasteiger partial charge in [0.05, 0.1) is 6.61 Å². The minimum Gasteiger partial charge on any atom is -0.480 e. The summed E-state index contributed by atoms with van der Waals surface area (Å²) in [7, 11) is 1.62. The SMILES string of the molecule is CCC(CC)N(CCOC)CC(NC(C)=O)C(=O)O. The average molecular weight is 274 g/mol. The summed E-state index contributed by atoms with van der Waals surface area (Å²) >= 11 is 0. The molecule has 6 nitrogen and oxygen atoms in total. The fraction of sp³-hybridized carbons (Fsp3) is 0.846. The fourth-order valence-corrected chi connectivity index (χ4v) is 2.10. The molecule has 112 valence electrons. The van der Waals surface area contributed by atoms with E-state index >= 15 is 0 Å². The third kappa shape index (κ3) is 7.12. The number of carbonyl (C=O) groups excluding carboxylic acids is 1. The van der Waals surface area contributed by atoms with Crippen molar-refractivity contribution >= 4 is 11.9 Å². The lowest BCUT2D eigenvalue weighted by Crippen LogP contribution is -2.51. The molecule has 1 atom stereocenters. The average Bonchev–Trinajstić information content (AvgIpc) is 2.35. The first-order chi connectivity index (χ1) is 8.96. The second-order valence-electron chi connectivity index (χ2n) is 4.55. The standard InChI is InChI=1S/C13H26N2O4/c1-5-11(6-2)15(7-8-19-4)9-12(13(17)18)14-10(3)16/h11-12H,5-9H2,1-4H3,(H,14,16)(H,17,18). The van der Waals surface area contributed by atoms with Gasteiger partial charge in [0.15, 0.2) is 0 Å². The van der Waals surface area contributed by atoms with Gasteiger partial charge in [-0.25, -0.2) is 4.79 Å². The number of ether oxygens (including phenoxy) is 1. The van der Waals surface area contributed by atoms with Gasteiger partial charge in [-0.05, 0) is 12.8 Å². The fourth-order valence-electron chi connectivity index (χ4n) is 2.10. The van der Waals surface area contributed by atoms with Gasteiger partial charge in [-0.3, -0.25) is 9.69 Å². The van der Waals surface area contributed by atoms with E-state index in [4.69, 9.17) is 9.84 Å². The molecule has 0 spiro atoms. The van der Waals surface area contributed by atoms with Crippen molar-refractivity contribution < 1.29 is 19.4 Å². The van der Waals surface area contributed by atoms with Gasteiger partial charge in [0.25, 0.3) is 0 Å². The molecule has 0 heterocycles. The topological polar surface area (TPSA) is 78.9 Å². The number of nitrogens with zero attached hydrogens (tertiary/aromatic N) is 1. The van der Waals surface area contributed by atoms with Crippen molar-refractivity contribution in [3.05, 3.63) is 0 Å². The molecule has 0 saturated carbocycles. The maximum Gasteiger partial charge on any atom is 0.327 e. The van der Waals surface area contributed by atoms with Crippen molar-refractivity contribution in [2.75, 3.05) is 26.8 Å². The number of amides is 1. The van der Waals surface area contributed by atoms with Crippen LogP contribution in [0.1, 0.15) is 33.6 Å². The van der Waals surface area contributed by atoms with Crippen molar-refractivity contribution in [1.29, 1.82) is 0 Å². The third-order valence-electron chi connectivity index (χ3n) is 3.13. The molecule has 2 N–H and O–H groups in total. The summed E-state index contributed by atoms with van der Waals surface area (Å²) in [4.78, 5) is 24.3. The van der Waals surface area contributed by atoms with Crippen molar-refractivity contribution in [3.8, 4) is 0 Å². The number of aliphatic carboxylic acids is 1. The van der Waals surface area contributed by atoms with Crippen LogP contribution in [-0.2, 0) is 14.3 Å². The Morgan fingerprint density at radius 3 is 2.26 bits per heavy atom. The van der Waals surface area contributed by atoms with E-state index in [0.717, 1.165) is 12.8 Å². The minimum absolute atomic E-state index is 0.296. The highest BCUT2D eigenvalue weighted by Gasteiger charge is 2.24. The van der Waals surface area contributed by atoms with Crippen molar-refractivity contribution in [2.24, 2.45) is 0 Å². The quantitative estimate of drug-likeness (QED) is 0.613. The molecule has 0 rings (SSSR count). The second-order valence-corrected chi connectivity index (χ2v) is 4.55. The summed E-state index contributed by atoms with van der Waals surface area (Å²) in [6, 6.07) is -0.583. The van der Waals surface area contributed by atoms with Gasteiger partial charge in [0.1, 0.15) is 6.04 Å². The molecule has 0 aliphatic carbocycles. The number of methoxy groups -OCH3 is 1. The van der Waals surface area contributed by atoms with Crippen LogP contribution in [-0.4, -0.2) is 60.8 Å². The molecule has 19 heavy (non-hydrogen) atoms. The van der Waals surface area contributed by atoms with Crippen LogP contribution >= 0.6 is 0 Å². The van der Waals surface area contributed by atoms with E-state index in [0.29, 0.717) is 25.7 Å². The van der Waals surface area contributed by atoms with Crippen LogP contribution in [0.2, 0.25) is 0 Å². The zero-order valence-corrected chi connectivity index (χ0v) is 12.3. The van der Waals surface area contributed by atoms with E-state index in [1.54, 1.807) is 7.11 Å². The Bertz CT molecular complexity index is 280. The molecule has 0 radical (unpaired) electrons. The Labute approximate surface area is 115 Å². The minimum atomic E-state index is -1.01.